The normalized spacial score (nSPS) is 11.2. The molecule has 0 saturated heterocycles. The first-order valence-corrected chi connectivity index (χ1v) is 10.3. The van der Waals surface area contributed by atoms with Crippen molar-refractivity contribution in [2.24, 2.45) is 14.1 Å². The highest BCUT2D eigenvalue weighted by molar-refractivity contribution is 6.35. The van der Waals surface area contributed by atoms with Crippen LogP contribution in [0.5, 0.6) is 0 Å². The van der Waals surface area contributed by atoms with Gasteiger partial charge in [0.2, 0.25) is 5.95 Å². The van der Waals surface area contributed by atoms with Crippen LogP contribution in [0.15, 0.2) is 52.2 Å². The third-order valence-corrected chi connectivity index (χ3v) is 5.82. The number of nitrogens with zero attached hydrogens (tertiary/aromatic N) is 6. The van der Waals surface area contributed by atoms with Crippen molar-refractivity contribution in [3.05, 3.63) is 79.8 Å². The van der Waals surface area contributed by atoms with Crippen molar-refractivity contribution in [2.75, 3.05) is 5.32 Å². The highest BCUT2D eigenvalue weighted by Gasteiger charge is 2.19. The number of fused-ring (bicyclic) bond motifs is 2. The van der Waals surface area contributed by atoms with Gasteiger partial charge in [0.15, 0.2) is 11.2 Å². The first kappa shape index (κ1) is 20.5. The number of aromatic amines is 1. The molecule has 5 rings (SSSR count). The number of pyridine rings is 1. The topological polar surface area (TPSA) is 126 Å². The van der Waals surface area contributed by atoms with Gasteiger partial charge in [-0.3, -0.25) is 13.9 Å². The predicted octanol–water partition coefficient (Wildman–Crippen LogP) is 2.63. The number of aryl methyl sites for hydroxylation is 2. The molecular weight excluding hydrogens is 444 g/mol. The van der Waals surface area contributed by atoms with Gasteiger partial charge in [-0.05, 0) is 30.3 Å². The lowest BCUT2D eigenvalue weighted by Gasteiger charge is -2.08. The Kier molecular flexibility index (Phi) is 4.76. The second-order valence-corrected chi connectivity index (χ2v) is 7.97. The zero-order chi connectivity index (χ0) is 23.3. The molecule has 1 aromatic carbocycles. The average molecular weight is 461 g/mol. The summed E-state index contributed by atoms with van der Waals surface area (Å²) in [6.07, 6.45) is 1.50. The summed E-state index contributed by atoms with van der Waals surface area (Å²) in [6.45, 7) is 0.0555. The SMILES string of the molecule is Cn1c(Nc2ccc(C#N)nc2)nc2c1c(=O)n(Cc1cc3c(Cl)cccc3[nH]1)c(=O)n2C. The fourth-order valence-corrected chi connectivity index (χ4v) is 4.02. The molecule has 0 aliphatic rings. The fourth-order valence-electron chi connectivity index (χ4n) is 3.79. The molecule has 0 bridgehead atoms. The third-order valence-electron chi connectivity index (χ3n) is 5.49. The number of hydrogen-bond donors (Lipinski definition) is 2. The van der Waals surface area contributed by atoms with Crippen LogP contribution in [-0.4, -0.2) is 28.7 Å². The van der Waals surface area contributed by atoms with Gasteiger partial charge in [0.05, 0.1) is 18.4 Å². The molecule has 0 fully saturated rings. The van der Waals surface area contributed by atoms with E-state index in [-0.39, 0.29) is 23.4 Å². The maximum absolute atomic E-state index is 13.3. The van der Waals surface area contributed by atoms with E-state index in [0.717, 1.165) is 15.5 Å². The number of nitrogens with one attached hydrogen (secondary N) is 2. The lowest BCUT2D eigenvalue weighted by Crippen LogP contribution is -2.39. The van der Waals surface area contributed by atoms with Crippen LogP contribution in [0, 0.1) is 11.3 Å². The Morgan fingerprint density at radius 1 is 1.18 bits per heavy atom. The summed E-state index contributed by atoms with van der Waals surface area (Å²) < 4.78 is 4.10. The molecule has 10 nitrogen and oxygen atoms in total. The van der Waals surface area contributed by atoms with E-state index in [1.165, 1.54) is 10.8 Å². The van der Waals surface area contributed by atoms with E-state index in [4.69, 9.17) is 16.9 Å². The van der Waals surface area contributed by atoms with E-state index in [9.17, 15) is 9.59 Å². The molecular formula is C22H17ClN8O2. The van der Waals surface area contributed by atoms with Crippen molar-refractivity contribution in [3.63, 3.8) is 0 Å². The molecule has 2 N–H and O–H groups in total. The Balaban J connectivity index is 1.59. The molecule has 0 aliphatic carbocycles. The number of imidazole rings is 1. The summed E-state index contributed by atoms with van der Waals surface area (Å²) >= 11 is 6.25. The van der Waals surface area contributed by atoms with Gasteiger partial charge in [0, 0.05) is 35.7 Å². The molecule has 164 valence electrons. The molecule has 0 atom stereocenters. The van der Waals surface area contributed by atoms with E-state index < -0.39 is 11.2 Å². The second-order valence-electron chi connectivity index (χ2n) is 7.56. The number of H-pyrrole nitrogens is 1. The smallest absolute Gasteiger partial charge is 0.332 e. The number of nitriles is 1. The van der Waals surface area contributed by atoms with Crippen molar-refractivity contribution >= 4 is 45.3 Å². The van der Waals surface area contributed by atoms with Crippen molar-refractivity contribution in [1.82, 2.24) is 28.7 Å². The molecule has 0 saturated carbocycles. The van der Waals surface area contributed by atoms with Gasteiger partial charge in [-0.15, -0.1) is 0 Å². The molecule has 11 heteroatoms. The predicted molar refractivity (Wildman–Crippen MR) is 125 cm³/mol. The van der Waals surface area contributed by atoms with E-state index in [1.807, 2.05) is 24.3 Å². The lowest BCUT2D eigenvalue weighted by atomic mass is 10.2. The van der Waals surface area contributed by atoms with Crippen molar-refractivity contribution in [3.8, 4) is 6.07 Å². The molecule has 5 aromatic rings. The average Bonchev–Trinajstić information content (AvgIpc) is 3.38. The van der Waals surface area contributed by atoms with Gasteiger partial charge in [-0.2, -0.15) is 10.2 Å². The van der Waals surface area contributed by atoms with E-state index in [0.29, 0.717) is 22.4 Å². The standard InChI is InChI=1S/C22H17ClN8O2/c1-29-18-19(28-21(29)27-13-7-6-12(9-24)25-10-13)30(2)22(33)31(20(18)32)11-14-8-15-16(23)4-3-5-17(15)26-14/h3-8,10,26H,11H2,1-2H3,(H,27,28). The Morgan fingerprint density at radius 3 is 2.70 bits per heavy atom. The Hall–Kier alpha value is -4.36. The Bertz CT molecular complexity index is 1700. The number of rotatable bonds is 4. The molecule has 0 amide bonds. The largest absolute Gasteiger partial charge is 0.357 e. The van der Waals surface area contributed by atoms with Crippen LogP contribution in [0.2, 0.25) is 5.02 Å². The summed E-state index contributed by atoms with van der Waals surface area (Å²) in [6, 6.07) is 12.5. The summed E-state index contributed by atoms with van der Waals surface area (Å²) in [4.78, 5) is 38.0. The van der Waals surface area contributed by atoms with Gasteiger partial charge < -0.3 is 14.9 Å². The second kappa shape index (κ2) is 7.65. The Morgan fingerprint density at radius 2 is 2.00 bits per heavy atom. The minimum atomic E-state index is -0.484. The molecule has 0 aliphatic heterocycles. The van der Waals surface area contributed by atoms with Crippen LogP contribution in [0.3, 0.4) is 0 Å². The van der Waals surface area contributed by atoms with Gasteiger partial charge in [-0.1, -0.05) is 17.7 Å². The summed E-state index contributed by atoms with van der Waals surface area (Å²) in [5, 5.41) is 13.4. The fraction of sp³-hybridized carbons (Fsp3) is 0.136. The first-order chi connectivity index (χ1) is 15.9. The molecule has 0 unspecified atom stereocenters. The monoisotopic (exact) mass is 460 g/mol. The van der Waals surface area contributed by atoms with Crippen LogP contribution in [0.1, 0.15) is 11.4 Å². The summed E-state index contributed by atoms with van der Waals surface area (Å²) in [5.41, 5.74) is 1.97. The Labute approximate surface area is 191 Å². The van der Waals surface area contributed by atoms with Crippen LogP contribution in [-0.2, 0) is 20.6 Å². The highest BCUT2D eigenvalue weighted by Crippen LogP contribution is 2.24. The van der Waals surface area contributed by atoms with Gasteiger partial charge in [-0.25, -0.2) is 9.78 Å². The minimum Gasteiger partial charge on any atom is -0.357 e. The van der Waals surface area contributed by atoms with Crippen molar-refractivity contribution < 1.29 is 0 Å². The minimum absolute atomic E-state index is 0.0555. The third kappa shape index (κ3) is 3.35. The number of hydrogen-bond acceptors (Lipinski definition) is 6. The van der Waals surface area contributed by atoms with Gasteiger partial charge >= 0.3 is 5.69 Å². The van der Waals surface area contributed by atoms with Crippen molar-refractivity contribution in [1.29, 1.82) is 5.26 Å². The van der Waals surface area contributed by atoms with E-state index >= 15 is 0 Å². The van der Waals surface area contributed by atoms with E-state index in [2.05, 4.69) is 20.3 Å². The molecule has 0 spiro atoms. The van der Waals surface area contributed by atoms with Crippen LogP contribution in [0.25, 0.3) is 22.1 Å². The van der Waals surface area contributed by atoms with E-state index in [1.54, 1.807) is 36.9 Å². The number of benzene rings is 1. The maximum Gasteiger partial charge on any atom is 0.332 e. The molecule has 4 aromatic heterocycles. The number of anilines is 2. The number of aromatic nitrogens is 6. The lowest BCUT2D eigenvalue weighted by molar-refractivity contribution is 0.648. The maximum atomic E-state index is 13.3. The van der Waals surface area contributed by atoms with Gasteiger partial charge in [0.1, 0.15) is 11.8 Å². The molecule has 33 heavy (non-hydrogen) atoms. The summed E-state index contributed by atoms with van der Waals surface area (Å²) in [5.74, 6) is 0.360. The van der Waals surface area contributed by atoms with Crippen molar-refractivity contribution in [2.45, 2.75) is 6.54 Å². The van der Waals surface area contributed by atoms with Gasteiger partial charge in [0.25, 0.3) is 5.56 Å². The first-order valence-electron chi connectivity index (χ1n) is 9.93. The summed E-state index contributed by atoms with van der Waals surface area (Å²) in [7, 11) is 3.26. The van der Waals surface area contributed by atoms with Crippen LogP contribution >= 0.6 is 11.6 Å². The van der Waals surface area contributed by atoms with Crippen LogP contribution < -0.4 is 16.6 Å². The zero-order valence-corrected chi connectivity index (χ0v) is 18.4. The van der Waals surface area contributed by atoms with Crippen LogP contribution in [0.4, 0.5) is 11.6 Å². The zero-order valence-electron chi connectivity index (χ0n) is 17.6. The molecule has 0 radical (unpaired) electrons. The quantitative estimate of drug-likeness (QED) is 0.424. The molecule has 4 heterocycles. The number of halogens is 1. The highest BCUT2D eigenvalue weighted by atomic mass is 35.5.